The van der Waals surface area contributed by atoms with Gasteiger partial charge in [0.05, 0.1) is 7.11 Å². The molecule has 1 fully saturated rings. The van der Waals surface area contributed by atoms with Crippen LogP contribution < -0.4 is 15.8 Å². The molecule has 1 unspecified atom stereocenters. The van der Waals surface area contributed by atoms with Crippen LogP contribution in [-0.4, -0.2) is 19.2 Å². The van der Waals surface area contributed by atoms with Crippen molar-refractivity contribution in [2.75, 3.05) is 7.11 Å². The standard InChI is InChI=1S/C14H22N2O/c1-3-13(16-11-8-10(15)9-11)12-6-4-5-7-14(12)17-2/h4-7,10-11,13,16H,3,8-9,15H2,1-2H3. The number of rotatable bonds is 5. The molecule has 0 bridgehead atoms. The molecular formula is C14H22N2O. The molecule has 17 heavy (non-hydrogen) atoms. The minimum absolute atomic E-state index is 0.364. The van der Waals surface area contributed by atoms with Crippen molar-refractivity contribution >= 4 is 0 Å². The Hall–Kier alpha value is -1.06. The Morgan fingerprint density at radius 2 is 2.12 bits per heavy atom. The van der Waals surface area contributed by atoms with E-state index in [9.17, 15) is 0 Å². The summed E-state index contributed by atoms with van der Waals surface area (Å²) in [6.07, 6.45) is 3.24. The zero-order valence-corrected chi connectivity index (χ0v) is 10.6. The van der Waals surface area contributed by atoms with Crippen LogP contribution in [0, 0.1) is 0 Å². The van der Waals surface area contributed by atoms with Crippen molar-refractivity contribution in [1.82, 2.24) is 5.32 Å². The second-order valence-corrected chi connectivity index (χ2v) is 4.80. The van der Waals surface area contributed by atoms with Crippen molar-refractivity contribution in [3.63, 3.8) is 0 Å². The van der Waals surface area contributed by atoms with Gasteiger partial charge in [0, 0.05) is 23.7 Å². The Kier molecular flexibility index (Phi) is 4.02. The second-order valence-electron chi connectivity index (χ2n) is 4.80. The Morgan fingerprint density at radius 3 is 2.71 bits per heavy atom. The lowest BCUT2D eigenvalue weighted by Gasteiger charge is -2.36. The van der Waals surface area contributed by atoms with Gasteiger partial charge in [0.15, 0.2) is 0 Å². The van der Waals surface area contributed by atoms with Crippen LogP contribution in [0.5, 0.6) is 5.75 Å². The number of methoxy groups -OCH3 is 1. The highest BCUT2D eigenvalue weighted by atomic mass is 16.5. The molecular weight excluding hydrogens is 212 g/mol. The lowest BCUT2D eigenvalue weighted by Crippen LogP contribution is -2.49. The van der Waals surface area contributed by atoms with Gasteiger partial charge in [-0.25, -0.2) is 0 Å². The molecule has 0 aliphatic heterocycles. The zero-order valence-electron chi connectivity index (χ0n) is 10.6. The maximum absolute atomic E-state index is 5.82. The molecule has 1 aromatic rings. The van der Waals surface area contributed by atoms with E-state index in [4.69, 9.17) is 10.5 Å². The molecule has 3 heteroatoms. The molecule has 0 saturated heterocycles. The summed E-state index contributed by atoms with van der Waals surface area (Å²) in [4.78, 5) is 0. The average molecular weight is 234 g/mol. The minimum Gasteiger partial charge on any atom is -0.496 e. The van der Waals surface area contributed by atoms with Gasteiger partial charge in [-0.1, -0.05) is 25.1 Å². The van der Waals surface area contributed by atoms with Gasteiger partial charge in [0.2, 0.25) is 0 Å². The van der Waals surface area contributed by atoms with E-state index in [-0.39, 0.29) is 0 Å². The third kappa shape index (κ3) is 2.79. The molecule has 0 amide bonds. The van der Waals surface area contributed by atoms with Crippen molar-refractivity contribution in [3.05, 3.63) is 29.8 Å². The summed E-state index contributed by atoms with van der Waals surface area (Å²) < 4.78 is 5.42. The van der Waals surface area contributed by atoms with Gasteiger partial charge in [0.25, 0.3) is 0 Å². The van der Waals surface area contributed by atoms with Gasteiger partial charge in [-0.05, 0) is 25.3 Å². The van der Waals surface area contributed by atoms with Crippen LogP contribution in [0.4, 0.5) is 0 Å². The molecule has 0 aromatic heterocycles. The topological polar surface area (TPSA) is 47.3 Å². The second kappa shape index (κ2) is 5.52. The number of ether oxygens (including phenoxy) is 1. The number of hydrogen-bond acceptors (Lipinski definition) is 3. The predicted molar refractivity (Wildman–Crippen MR) is 70.2 cm³/mol. The summed E-state index contributed by atoms with van der Waals surface area (Å²) in [5, 5.41) is 3.66. The molecule has 0 heterocycles. The third-order valence-corrected chi connectivity index (χ3v) is 3.53. The number of benzene rings is 1. The molecule has 3 nitrogen and oxygen atoms in total. The Bertz CT molecular complexity index is 361. The first-order chi connectivity index (χ1) is 8.24. The van der Waals surface area contributed by atoms with Crippen LogP contribution in [0.2, 0.25) is 0 Å². The largest absolute Gasteiger partial charge is 0.496 e. The highest BCUT2D eigenvalue weighted by Gasteiger charge is 2.28. The maximum atomic E-state index is 5.82. The van der Waals surface area contributed by atoms with Crippen LogP contribution >= 0.6 is 0 Å². The molecule has 0 radical (unpaired) electrons. The van der Waals surface area contributed by atoms with Gasteiger partial charge >= 0.3 is 0 Å². The number of nitrogens with two attached hydrogens (primary N) is 1. The van der Waals surface area contributed by atoms with Gasteiger partial charge < -0.3 is 15.8 Å². The lowest BCUT2D eigenvalue weighted by molar-refractivity contribution is 0.261. The fourth-order valence-corrected chi connectivity index (χ4v) is 2.46. The van der Waals surface area contributed by atoms with Crippen LogP contribution in [0.3, 0.4) is 0 Å². The molecule has 1 aromatic carbocycles. The van der Waals surface area contributed by atoms with Crippen LogP contribution in [0.25, 0.3) is 0 Å². The molecule has 1 aliphatic carbocycles. The molecule has 2 rings (SSSR count). The van der Waals surface area contributed by atoms with Crippen molar-refractivity contribution < 1.29 is 4.74 Å². The number of para-hydroxylation sites is 1. The van der Waals surface area contributed by atoms with E-state index in [0.717, 1.165) is 25.0 Å². The number of nitrogens with one attached hydrogen (secondary N) is 1. The van der Waals surface area contributed by atoms with Crippen molar-refractivity contribution in [2.24, 2.45) is 5.73 Å². The predicted octanol–water partition coefficient (Wildman–Crippen LogP) is 2.23. The first kappa shape index (κ1) is 12.4. The normalized spacial score (nSPS) is 25.1. The van der Waals surface area contributed by atoms with E-state index < -0.39 is 0 Å². The first-order valence-electron chi connectivity index (χ1n) is 6.39. The quantitative estimate of drug-likeness (QED) is 0.821. The van der Waals surface area contributed by atoms with E-state index in [1.807, 2.05) is 12.1 Å². The molecule has 1 saturated carbocycles. The Labute approximate surface area is 103 Å². The Balaban J connectivity index is 2.06. The average Bonchev–Trinajstić information content (AvgIpc) is 2.33. The summed E-state index contributed by atoms with van der Waals surface area (Å²) >= 11 is 0. The monoisotopic (exact) mass is 234 g/mol. The van der Waals surface area contributed by atoms with Gasteiger partial charge in [-0.15, -0.1) is 0 Å². The fourth-order valence-electron chi connectivity index (χ4n) is 2.46. The first-order valence-corrected chi connectivity index (χ1v) is 6.39. The third-order valence-electron chi connectivity index (χ3n) is 3.53. The van der Waals surface area contributed by atoms with Crippen molar-refractivity contribution in [2.45, 2.75) is 44.3 Å². The summed E-state index contributed by atoms with van der Waals surface area (Å²) in [6.45, 7) is 2.20. The van der Waals surface area contributed by atoms with Gasteiger partial charge in [0.1, 0.15) is 5.75 Å². The summed E-state index contributed by atoms with van der Waals surface area (Å²) in [7, 11) is 1.73. The van der Waals surface area contributed by atoms with Gasteiger partial charge in [-0.3, -0.25) is 0 Å². The van der Waals surface area contributed by atoms with Crippen molar-refractivity contribution in [1.29, 1.82) is 0 Å². The van der Waals surface area contributed by atoms with E-state index >= 15 is 0 Å². The van der Waals surface area contributed by atoms with Crippen LogP contribution in [-0.2, 0) is 0 Å². The zero-order chi connectivity index (χ0) is 12.3. The van der Waals surface area contributed by atoms with E-state index in [1.165, 1.54) is 5.56 Å². The summed E-state index contributed by atoms with van der Waals surface area (Å²) in [5.74, 6) is 0.968. The highest BCUT2D eigenvalue weighted by molar-refractivity contribution is 5.35. The fraction of sp³-hybridized carbons (Fsp3) is 0.571. The molecule has 3 N–H and O–H groups in total. The van der Waals surface area contributed by atoms with E-state index in [1.54, 1.807) is 7.11 Å². The molecule has 0 spiro atoms. The van der Waals surface area contributed by atoms with E-state index in [2.05, 4.69) is 24.4 Å². The van der Waals surface area contributed by atoms with Crippen LogP contribution in [0.1, 0.15) is 37.8 Å². The number of hydrogen-bond donors (Lipinski definition) is 2. The smallest absolute Gasteiger partial charge is 0.123 e. The van der Waals surface area contributed by atoms with Crippen molar-refractivity contribution in [3.8, 4) is 5.75 Å². The summed E-state index contributed by atoms with van der Waals surface area (Å²) in [5.41, 5.74) is 7.06. The molecule has 94 valence electrons. The minimum atomic E-state index is 0.364. The maximum Gasteiger partial charge on any atom is 0.123 e. The Morgan fingerprint density at radius 1 is 1.41 bits per heavy atom. The SMILES string of the molecule is CCC(NC1CC(N)C1)c1ccccc1OC. The lowest BCUT2D eigenvalue weighted by atomic mass is 9.86. The van der Waals surface area contributed by atoms with Crippen LogP contribution in [0.15, 0.2) is 24.3 Å². The molecule has 1 aliphatic rings. The van der Waals surface area contributed by atoms with E-state index in [0.29, 0.717) is 18.1 Å². The van der Waals surface area contributed by atoms with Gasteiger partial charge in [-0.2, -0.15) is 0 Å². The highest BCUT2D eigenvalue weighted by Crippen LogP contribution is 2.29. The summed E-state index contributed by atoms with van der Waals surface area (Å²) in [6, 6.07) is 9.56. The molecule has 1 atom stereocenters.